The molecule has 0 aromatic carbocycles. The lowest BCUT2D eigenvalue weighted by atomic mass is 9.63. The summed E-state index contributed by atoms with van der Waals surface area (Å²) >= 11 is 0. The molecule has 0 N–H and O–H groups in total. The molecule has 0 saturated heterocycles. The maximum absolute atomic E-state index is 6.96. The van der Waals surface area contributed by atoms with Gasteiger partial charge in [-0.05, 0) is 93.2 Å². The molecule has 0 spiro atoms. The maximum Gasteiger partial charge on any atom is 0.241 e. The van der Waals surface area contributed by atoms with Crippen LogP contribution in [0.15, 0.2) is 11.8 Å². The predicted molar refractivity (Wildman–Crippen MR) is 118 cm³/mol. The molecule has 0 aromatic heterocycles. The fourth-order valence-corrected chi connectivity index (χ4v) is 6.85. The molecule has 0 radical (unpaired) electrons. The molecule has 152 valence electrons. The van der Waals surface area contributed by atoms with Gasteiger partial charge in [0.1, 0.15) is 0 Å². The molecule has 2 fully saturated rings. The van der Waals surface area contributed by atoms with E-state index in [0.29, 0.717) is 28.4 Å². The molecule has 0 amide bonds. The summed E-state index contributed by atoms with van der Waals surface area (Å²) in [5, 5.41) is 0.292. The quantitative estimate of drug-likeness (QED) is 0.357. The van der Waals surface area contributed by atoms with Gasteiger partial charge in [-0.15, -0.1) is 0 Å². The van der Waals surface area contributed by atoms with E-state index in [1.807, 2.05) is 0 Å². The maximum atomic E-state index is 6.96. The lowest BCUT2D eigenvalue weighted by Gasteiger charge is -2.49. The van der Waals surface area contributed by atoms with Crippen molar-refractivity contribution in [3.05, 3.63) is 11.8 Å². The zero-order valence-electron chi connectivity index (χ0n) is 19.2. The molecular formula is C22H44O2Si2. The second-order valence-electron chi connectivity index (χ2n) is 11.6. The highest BCUT2D eigenvalue weighted by atomic mass is 28.4. The van der Waals surface area contributed by atoms with Crippen molar-refractivity contribution in [1.29, 1.82) is 0 Å². The normalized spacial score (nSPS) is 33.9. The zero-order valence-corrected chi connectivity index (χ0v) is 21.2. The van der Waals surface area contributed by atoms with Crippen LogP contribution in [0.25, 0.3) is 0 Å². The highest BCUT2D eigenvalue weighted by Gasteiger charge is 2.53. The van der Waals surface area contributed by atoms with Crippen molar-refractivity contribution in [2.75, 3.05) is 0 Å². The summed E-state index contributed by atoms with van der Waals surface area (Å²) in [7, 11) is -3.21. The van der Waals surface area contributed by atoms with Gasteiger partial charge in [-0.25, -0.2) is 0 Å². The van der Waals surface area contributed by atoms with Crippen LogP contribution in [0.3, 0.4) is 0 Å². The van der Waals surface area contributed by atoms with Crippen LogP contribution >= 0.6 is 0 Å². The molecular weight excluding hydrogens is 352 g/mol. The molecule has 2 rings (SSSR count). The fourth-order valence-electron chi connectivity index (χ4n) is 4.92. The van der Waals surface area contributed by atoms with E-state index in [0.717, 1.165) is 0 Å². The minimum absolute atomic E-state index is 0.292. The van der Waals surface area contributed by atoms with Gasteiger partial charge in [0.25, 0.3) is 0 Å². The van der Waals surface area contributed by atoms with Crippen molar-refractivity contribution in [3.63, 3.8) is 0 Å². The van der Waals surface area contributed by atoms with Crippen molar-refractivity contribution in [1.82, 2.24) is 0 Å². The molecule has 0 aliphatic heterocycles. The Morgan fingerprint density at radius 3 is 2.19 bits per heavy atom. The second-order valence-corrected chi connectivity index (χ2v) is 20.9. The van der Waals surface area contributed by atoms with Crippen LogP contribution in [-0.4, -0.2) is 22.7 Å². The van der Waals surface area contributed by atoms with Gasteiger partial charge in [0.05, 0.1) is 6.26 Å². The molecule has 4 heteroatoms. The van der Waals surface area contributed by atoms with E-state index < -0.39 is 16.6 Å². The second kappa shape index (κ2) is 7.40. The highest BCUT2D eigenvalue weighted by molar-refractivity contribution is 6.74. The summed E-state index contributed by atoms with van der Waals surface area (Å²) in [6.07, 6.45) is 9.11. The predicted octanol–water partition coefficient (Wildman–Crippen LogP) is 7.35. The topological polar surface area (TPSA) is 18.5 Å². The minimum atomic E-state index is -1.71. The van der Waals surface area contributed by atoms with Gasteiger partial charge in [-0.1, -0.05) is 34.1 Å². The third kappa shape index (κ3) is 4.67. The smallest absolute Gasteiger partial charge is 0.241 e. The lowest BCUT2D eigenvalue weighted by Crippen LogP contribution is -2.49. The Labute approximate surface area is 165 Å². The number of hydrogen-bond donors (Lipinski definition) is 0. The van der Waals surface area contributed by atoms with Gasteiger partial charge in [-0.2, -0.15) is 0 Å². The fraction of sp³-hybridized carbons (Fsp3) is 0.909. The first-order chi connectivity index (χ1) is 11.7. The summed E-state index contributed by atoms with van der Waals surface area (Å²) < 4.78 is 13.1. The lowest BCUT2D eigenvalue weighted by molar-refractivity contribution is -0.00370. The van der Waals surface area contributed by atoms with Gasteiger partial charge in [0, 0.05) is 6.10 Å². The SMILES string of the molecule is CC(=CO[Si](C)(C)C)[C@H]1CCC2C(O[Si](C)(C)C(C)(C)C)CCCC21C. The van der Waals surface area contributed by atoms with E-state index in [1.54, 1.807) is 0 Å². The van der Waals surface area contributed by atoms with Gasteiger partial charge < -0.3 is 8.85 Å². The molecule has 2 nitrogen and oxygen atoms in total. The third-order valence-electron chi connectivity index (χ3n) is 7.46. The largest absolute Gasteiger partial charge is 0.550 e. The van der Waals surface area contributed by atoms with Crippen molar-refractivity contribution < 1.29 is 8.85 Å². The molecule has 0 bridgehead atoms. The average molecular weight is 397 g/mol. The average Bonchev–Trinajstić information content (AvgIpc) is 2.80. The van der Waals surface area contributed by atoms with Gasteiger partial charge in [0.15, 0.2) is 8.32 Å². The molecule has 3 unspecified atom stereocenters. The molecule has 2 aliphatic rings. The highest BCUT2D eigenvalue weighted by Crippen LogP contribution is 2.59. The zero-order chi connectivity index (χ0) is 20.0. The molecule has 2 saturated carbocycles. The van der Waals surface area contributed by atoms with E-state index >= 15 is 0 Å². The Morgan fingerprint density at radius 2 is 1.65 bits per heavy atom. The standard InChI is InChI=1S/C22H44O2Si2/c1-17(16-23-25(6,7)8)18-13-14-19-20(12-11-15-22(18,19)5)24-26(9,10)21(2,3)4/h16,18-20H,11-15H2,1-10H3/t18-,19?,20?,22?/m1/s1. The number of hydrogen-bond acceptors (Lipinski definition) is 2. The summed E-state index contributed by atoms with van der Waals surface area (Å²) in [6, 6.07) is 0. The van der Waals surface area contributed by atoms with Crippen LogP contribution in [0.4, 0.5) is 0 Å². The summed E-state index contributed by atoms with van der Waals surface area (Å²) in [5.74, 6) is 1.38. The van der Waals surface area contributed by atoms with E-state index in [9.17, 15) is 0 Å². The Bertz CT molecular complexity index is 527. The van der Waals surface area contributed by atoms with Crippen LogP contribution in [0.2, 0.25) is 37.8 Å². The summed E-state index contributed by atoms with van der Waals surface area (Å²) in [4.78, 5) is 0. The van der Waals surface area contributed by atoms with Crippen LogP contribution in [0.5, 0.6) is 0 Å². The number of rotatable bonds is 5. The molecule has 26 heavy (non-hydrogen) atoms. The molecule has 0 heterocycles. The Morgan fingerprint density at radius 1 is 1.04 bits per heavy atom. The van der Waals surface area contributed by atoms with Crippen LogP contribution in [0, 0.1) is 17.3 Å². The summed E-state index contributed by atoms with van der Waals surface area (Å²) in [6.45, 7) is 23.5. The van der Waals surface area contributed by atoms with Crippen molar-refractivity contribution >= 4 is 16.6 Å². The number of fused-ring (bicyclic) bond motifs is 1. The van der Waals surface area contributed by atoms with Gasteiger partial charge in [-0.3, -0.25) is 0 Å². The van der Waals surface area contributed by atoms with Gasteiger partial charge in [0.2, 0.25) is 8.32 Å². The Kier molecular flexibility index (Phi) is 6.33. The first kappa shape index (κ1) is 22.2. The van der Waals surface area contributed by atoms with Crippen LogP contribution in [0.1, 0.15) is 66.7 Å². The van der Waals surface area contributed by atoms with Crippen LogP contribution < -0.4 is 0 Å². The van der Waals surface area contributed by atoms with Crippen molar-refractivity contribution in [2.24, 2.45) is 17.3 Å². The van der Waals surface area contributed by atoms with E-state index in [-0.39, 0.29) is 0 Å². The first-order valence-electron chi connectivity index (χ1n) is 10.7. The molecule has 2 aliphatic carbocycles. The van der Waals surface area contributed by atoms with E-state index in [4.69, 9.17) is 8.85 Å². The summed E-state index contributed by atoms with van der Waals surface area (Å²) in [5.41, 5.74) is 1.85. The van der Waals surface area contributed by atoms with E-state index in [1.165, 1.54) is 37.7 Å². The van der Waals surface area contributed by atoms with Crippen molar-refractivity contribution in [3.8, 4) is 0 Å². The minimum Gasteiger partial charge on any atom is -0.550 e. The van der Waals surface area contributed by atoms with Crippen LogP contribution in [-0.2, 0) is 8.85 Å². The Balaban J connectivity index is 2.17. The number of allylic oxidation sites excluding steroid dienone is 1. The molecule has 0 aromatic rings. The Hall–Kier alpha value is -0.0662. The third-order valence-corrected chi connectivity index (χ3v) is 12.8. The van der Waals surface area contributed by atoms with E-state index in [2.05, 4.69) is 73.6 Å². The van der Waals surface area contributed by atoms with Crippen molar-refractivity contribution in [2.45, 2.75) is 111 Å². The van der Waals surface area contributed by atoms with Gasteiger partial charge >= 0.3 is 0 Å². The first-order valence-corrected chi connectivity index (χ1v) is 17.0. The molecule has 4 atom stereocenters. The monoisotopic (exact) mass is 396 g/mol.